The number of carboxylic acids is 1. The van der Waals surface area contributed by atoms with Crippen LogP contribution in [-0.4, -0.2) is 23.7 Å². The van der Waals surface area contributed by atoms with Crippen molar-refractivity contribution < 1.29 is 14.6 Å². The van der Waals surface area contributed by atoms with Crippen molar-refractivity contribution in [2.24, 2.45) is 5.92 Å². The summed E-state index contributed by atoms with van der Waals surface area (Å²) in [6, 6.07) is 7.41. The van der Waals surface area contributed by atoms with E-state index in [0.29, 0.717) is 13.2 Å². The number of hydrogen-bond donors (Lipinski definition) is 2. The third kappa shape index (κ3) is 2.71. The lowest BCUT2D eigenvalue weighted by atomic mass is 9.96. The summed E-state index contributed by atoms with van der Waals surface area (Å²) < 4.78 is 5.51. The SMILES string of the molecule is CC(C)C(NC1COCc2ccccc21)C(=O)O. The maximum absolute atomic E-state index is 11.2. The summed E-state index contributed by atoms with van der Waals surface area (Å²) >= 11 is 0. The van der Waals surface area contributed by atoms with Gasteiger partial charge in [-0.1, -0.05) is 38.1 Å². The highest BCUT2D eigenvalue weighted by Crippen LogP contribution is 2.25. The van der Waals surface area contributed by atoms with Crippen molar-refractivity contribution in [3.63, 3.8) is 0 Å². The first-order chi connectivity index (χ1) is 8.59. The van der Waals surface area contributed by atoms with Gasteiger partial charge in [-0.15, -0.1) is 0 Å². The highest BCUT2D eigenvalue weighted by Gasteiger charge is 2.28. The van der Waals surface area contributed by atoms with Crippen LogP contribution in [0.3, 0.4) is 0 Å². The summed E-state index contributed by atoms with van der Waals surface area (Å²) in [5.74, 6) is -0.773. The molecule has 0 spiro atoms. The van der Waals surface area contributed by atoms with Crippen LogP contribution in [0.1, 0.15) is 31.0 Å². The minimum atomic E-state index is -0.812. The minimum absolute atomic E-state index is 0.0385. The van der Waals surface area contributed by atoms with Crippen molar-refractivity contribution in [2.45, 2.75) is 32.5 Å². The number of rotatable bonds is 4. The summed E-state index contributed by atoms with van der Waals surface area (Å²) in [4.78, 5) is 11.2. The first-order valence-corrected chi connectivity index (χ1v) is 6.24. The minimum Gasteiger partial charge on any atom is -0.480 e. The number of fused-ring (bicyclic) bond motifs is 1. The number of nitrogens with one attached hydrogen (secondary N) is 1. The first kappa shape index (κ1) is 13.1. The van der Waals surface area contributed by atoms with Gasteiger partial charge in [0.15, 0.2) is 0 Å². The van der Waals surface area contributed by atoms with E-state index in [2.05, 4.69) is 5.32 Å². The van der Waals surface area contributed by atoms with E-state index in [0.717, 1.165) is 11.1 Å². The van der Waals surface area contributed by atoms with Crippen LogP contribution >= 0.6 is 0 Å². The predicted octanol–water partition coefficient (Wildman–Crippen LogP) is 1.96. The van der Waals surface area contributed by atoms with Crippen molar-refractivity contribution in [2.75, 3.05) is 6.61 Å². The van der Waals surface area contributed by atoms with Gasteiger partial charge >= 0.3 is 5.97 Å². The molecule has 0 aliphatic carbocycles. The highest BCUT2D eigenvalue weighted by atomic mass is 16.5. The quantitative estimate of drug-likeness (QED) is 0.856. The third-order valence-electron chi connectivity index (χ3n) is 3.29. The highest BCUT2D eigenvalue weighted by molar-refractivity contribution is 5.73. The Balaban J connectivity index is 2.18. The number of carbonyl (C=O) groups is 1. The van der Waals surface area contributed by atoms with E-state index in [1.807, 2.05) is 38.1 Å². The molecule has 0 saturated heterocycles. The van der Waals surface area contributed by atoms with Crippen molar-refractivity contribution in [3.05, 3.63) is 35.4 Å². The Hall–Kier alpha value is -1.39. The zero-order valence-corrected chi connectivity index (χ0v) is 10.7. The van der Waals surface area contributed by atoms with Crippen LogP contribution < -0.4 is 5.32 Å². The molecule has 1 aliphatic heterocycles. The molecule has 2 atom stereocenters. The lowest BCUT2D eigenvalue weighted by Gasteiger charge is -2.30. The Morgan fingerprint density at radius 1 is 1.44 bits per heavy atom. The average Bonchev–Trinajstić information content (AvgIpc) is 2.35. The summed E-state index contributed by atoms with van der Waals surface area (Å²) in [5.41, 5.74) is 2.28. The van der Waals surface area contributed by atoms with Gasteiger partial charge in [-0.3, -0.25) is 10.1 Å². The topological polar surface area (TPSA) is 58.6 Å². The number of hydrogen-bond acceptors (Lipinski definition) is 3. The molecule has 0 amide bonds. The maximum atomic E-state index is 11.2. The van der Waals surface area contributed by atoms with E-state index in [1.165, 1.54) is 0 Å². The second kappa shape index (κ2) is 5.50. The largest absolute Gasteiger partial charge is 0.480 e. The molecule has 2 N–H and O–H groups in total. The van der Waals surface area contributed by atoms with Crippen molar-refractivity contribution in [1.82, 2.24) is 5.32 Å². The molecule has 4 nitrogen and oxygen atoms in total. The molecular formula is C14H19NO3. The molecule has 1 heterocycles. The van der Waals surface area contributed by atoms with Crippen LogP contribution in [-0.2, 0) is 16.1 Å². The Morgan fingerprint density at radius 3 is 2.83 bits per heavy atom. The summed E-state index contributed by atoms with van der Waals surface area (Å²) in [6.07, 6.45) is 0. The van der Waals surface area contributed by atoms with E-state index >= 15 is 0 Å². The molecule has 0 saturated carbocycles. The molecule has 1 aromatic carbocycles. The van der Waals surface area contributed by atoms with E-state index in [1.54, 1.807) is 0 Å². The van der Waals surface area contributed by atoms with Crippen LogP contribution in [0.15, 0.2) is 24.3 Å². The normalized spacial score (nSPS) is 20.5. The van der Waals surface area contributed by atoms with Crippen molar-refractivity contribution in [1.29, 1.82) is 0 Å². The summed E-state index contributed by atoms with van der Waals surface area (Å²) in [6.45, 7) is 4.93. The predicted molar refractivity (Wildman–Crippen MR) is 68.2 cm³/mol. The molecule has 98 valence electrons. The van der Waals surface area contributed by atoms with E-state index in [-0.39, 0.29) is 12.0 Å². The Labute approximate surface area is 107 Å². The van der Waals surface area contributed by atoms with Gasteiger partial charge in [0.25, 0.3) is 0 Å². The van der Waals surface area contributed by atoms with Gasteiger partial charge in [0.1, 0.15) is 6.04 Å². The monoisotopic (exact) mass is 249 g/mol. The molecule has 0 fully saturated rings. The van der Waals surface area contributed by atoms with E-state index < -0.39 is 12.0 Å². The van der Waals surface area contributed by atoms with Gasteiger partial charge in [-0.05, 0) is 17.0 Å². The van der Waals surface area contributed by atoms with E-state index in [4.69, 9.17) is 4.74 Å². The molecular weight excluding hydrogens is 230 g/mol. The van der Waals surface area contributed by atoms with Crippen molar-refractivity contribution in [3.8, 4) is 0 Å². The molecule has 4 heteroatoms. The van der Waals surface area contributed by atoms with Crippen LogP contribution in [0.4, 0.5) is 0 Å². The fraction of sp³-hybridized carbons (Fsp3) is 0.500. The maximum Gasteiger partial charge on any atom is 0.320 e. The zero-order chi connectivity index (χ0) is 13.1. The second-order valence-electron chi connectivity index (χ2n) is 4.99. The first-order valence-electron chi connectivity index (χ1n) is 6.24. The fourth-order valence-corrected chi connectivity index (χ4v) is 2.29. The zero-order valence-electron chi connectivity index (χ0n) is 10.7. The number of ether oxygens (including phenoxy) is 1. The molecule has 0 aromatic heterocycles. The number of benzene rings is 1. The van der Waals surface area contributed by atoms with Crippen LogP contribution in [0.25, 0.3) is 0 Å². The van der Waals surface area contributed by atoms with Crippen molar-refractivity contribution >= 4 is 5.97 Å². The van der Waals surface area contributed by atoms with Gasteiger partial charge in [0.2, 0.25) is 0 Å². The lowest BCUT2D eigenvalue weighted by Crippen LogP contribution is -2.45. The van der Waals surface area contributed by atoms with Crippen LogP contribution in [0, 0.1) is 5.92 Å². The summed E-state index contributed by atoms with van der Waals surface area (Å²) in [7, 11) is 0. The van der Waals surface area contributed by atoms with Gasteiger partial charge in [-0.2, -0.15) is 0 Å². The Kier molecular flexibility index (Phi) is 3.99. The molecule has 0 bridgehead atoms. The molecule has 0 radical (unpaired) electrons. The number of carboxylic acid groups (broad SMARTS) is 1. The summed E-state index contributed by atoms with van der Waals surface area (Å²) in [5, 5.41) is 12.4. The van der Waals surface area contributed by atoms with Gasteiger partial charge in [0.05, 0.1) is 19.3 Å². The Bertz CT molecular complexity index is 431. The number of aliphatic carboxylic acids is 1. The third-order valence-corrected chi connectivity index (χ3v) is 3.29. The van der Waals surface area contributed by atoms with E-state index in [9.17, 15) is 9.90 Å². The average molecular weight is 249 g/mol. The molecule has 2 unspecified atom stereocenters. The van der Waals surface area contributed by atoms with Gasteiger partial charge in [-0.25, -0.2) is 0 Å². The Morgan fingerprint density at radius 2 is 2.17 bits per heavy atom. The molecule has 18 heavy (non-hydrogen) atoms. The molecule has 1 aliphatic rings. The lowest BCUT2D eigenvalue weighted by molar-refractivity contribution is -0.141. The van der Waals surface area contributed by atoms with Crippen LogP contribution in [0.2, 0.25) is 0 Å². The van der Waals surface area contributed by atoms with Gasteiger partial charge in [0, 0.05) is 0 Å². The fourth-order valence-electron chi connectivity index (χ4n) is 2.29. The van der Waals surface area contributed by atoms with Gasteiger partial charge < -0.3 is 9.84 Å². The standard InChI is InChI=1S/C14H19NO3/c1-9(2)13(14(16)17)15-12-8-18-7-10-5-3-4-6-11(10)12/h3-6,9,12-13,15H,7-8H2,1-2H3,(H,16,17). The smallest absolute Gasteiger partial charge is 0.320 e. The molecule has 2 rings (SSSR count). The second-order valence-corrected chi connectivity index (χ2v) is 4.99. The molecule has 1 aromatic rings. The van der Waals surface area contributed by atoms with Crippen LogP contribution in [0.5, 0.6) is 0 Å².